The molecule has 134 valence electrons. The number of para-hydroxylation sites is 1. The maximum absolute atomic E-state index is 12.7. The zero-order valence-electron chi connectivity index (χ0n) is 14.0. The molecule has 0 saturated carbocycles. The third-order valence-electron chi connectivity index (χ3n) is 4.23. The number of sulfone groups is 1. The van der Waals surface area contributed by atoms with Crippen LogP contribution in [-0.4, -0.2) is 29.5 Å². The van der Waals surface area contributed by atoms with Gasteiger partial charge in [-0.2, -0.15) is 0 Å². The summed E-state index contributed by atoms with van der Waals surface area (Å²) in [5.74, 6) is -0.578. The Labute approximate surface area is 155 Å². The molecule has 0 bridgehead atoms. The molecule has 6 nitrogen and oxygen atoms in total. The highest BCUT2D eigenvalue weighted by Gasteiger charge is 2.18. The van der Waals surface area contributed by atoms with Crippen LogP contribution in [0.2, 0.25) is 0 Å². The maximum atomic E-state index is 12.7. The second-order valence-corrected chi connectivity index (χ2v) is 7.88. The van der Waals surface area contributed by atoms with E-state index in [-0.39, 0.29) is 15.4 Å². The van der Waals surface area contributed by atoms with Crippen molar-refractivity contribution >= 4 is 26.8 Å². The quantitative estimate of drug-likeness (QED) is 0.563. The van der Waals surface area contributed by atoms with Gasteiger partial charge < -0.3 is 10.1 Å². The minimum Gasteiger partial charge on any atom is -0.478 e. The zero-order chi connectivity index (χ0) is 19.0. The fourth-order valence-electron chi connectivity index (χ4n) is 2.87. The Hall–Kier alpha value is -3.45. The average molecular weight is 378 g/mol. The van der Waals surface area contributed by atoms with Crippen LogP contribution >= 0.6 is 0 Å². The third-order valence-corrected chi connectivity index (χ3v) is 6.02. The number of fused-ring (bicyclic) bond motifs is 1. The van der Waals surface area contributed by atoms with Crippen molar-refractivity contribution < 1.29 is 18.3 Å². The molecule has 0 aliphatic rings. The minimum absolute atomic E-state index is 0.110. The number of rotatable bonds is 4. The van der Waals surface area contributed by atoms with Crippen LogP contribution in [-0.2, 0) is 9.84 Å². The van der Waals surface area contributed by atoms with Gasteiger partial charge >= 0.3 is 5.97 Å². The lowest BCUT2D eigenvalue weighted by atomic mass is 10.2. The van der Waals surface area contributed by atoms with E-state index in [0.29, 0.717) is 22.4 Å². The Morgan fingerprint density at radius 3 is 2.19 bits per heavy atom. The lowest BCUT2D eigenvalue weighted by Crippen LogP contribution is -2.01. The Kier molecular flexibility index (Phi) is 4.01. The number of aromatic carboxylic acids is 1. The van der Waals surface area contributed by atoms with Gasteiger partial charge in [-0.15, -0.1) is 0 Å². The van der Waals surface area contributed by atoms with Crippen molar-refractivity contribution in [3.8, 4) is 11.4 Å². The Bertz CT molecular complexity index is 1240. The highest BCUT2D eigenvalue weighted by molar-refractivity contribution is 7.91. The normalized spacial score (nSPS) is 11.6. The standard InChI is InChI=1S/C20H14N2O4S/c23-20(24)16-7-4-8-17-18(16)22-19(21-17)13-9-11-15(12-10-13)27(25,26)14-5-2-1-3-6-14/h1-12H,(H,21,22)(H,23,24). The second-order valence-electron chi connectivity index (χ2n) is 5.93. The summed E-state index contributed by atoms with van der Waals surface area (Å²) in [6, 6.07) is 19.4. The molecule has 27 heavy (non-hydrogen) atoms. The summed E-state index contributed by atoms with van der Waals surface area (Å²) < 4.78 is 25.3. The first-order valence-electron chi connectivity index (χ1n) is 8.09. The molecule has 0 fully saturated rings. The molecule has 0 aliphatic carbocycles. The summed E-state index contributed by atoms with van der Waals surface area (Å²) in [5.41, 5.74) is 1.74. The van der Waals surface area contributed by atoms with Gasteiger partial charge in [-0.1, -0.05) is 24.3 Å². The van der Waals surface area contributed by atoms with Crippen LogP contribution in [0.1, 0.15) is 10.4 Å². The van der Waals surface area contributed by atoms with E-state index in [1.54, 1.807) is 54.6 Å². The van der Waals surface area contributed by atoms with Crippen molar-refractivity contribution in [2.24, 2.45) is 0 Å². The second kappa shape index (κ2) is 6.37. The van der Waals surface area contributed by atoms with E-state index < -0.39 is 15.8 Å². The number of hydrogen-bond donors (Lipinski definition) is 2. The van der Waals surface area contributed by atoms with E-state index in [4.69, 9.17) is 0 Å². The van der Waals surface area contributed by atoms with Crippen molar-refractivity contribution in [2.45, 2.75) is 9.79 Å². The van der Waals surface area contributed by atoms with Gasteiger partial charge in [0.15, 0.2) is 0 Å². The van der Waals surface area contributed by atoms with E-state index in [1.807, 2.05) is 0 Å². The number of carbonyl (C=O) groups is 1. The first-order chi connectivity index (χ1) is 13.0. The van der Waals surface area contributed by atoms with Crippen LogP contribution in [0.15, 0.2) is 82.6 Å². The molecule has 0 aliphatic heterocycles. The fourth-order valence-corrected chi connectivity index (χ4v) is 4.15. The number of carboxylic acid groups (broad SMARTS) is 1. The molecule has 1 aromatic heterocycles. The van der Waals surface area contributed by atoms with E-state index in [1.165, 1.54) is 18.2 Å². The molecular weight excluding hydrogens is 364 g/mol. The first kappa shape index (κ1) is 17.0. The first-order valence-corrected chi connectivity index (χ1v) is 9.58. The van der Waals surface area contributed by atoms with E-state index in [9.17, 15) is 18.3 Å². The molecule has 0 saturated heterocycles. The summed E-state index contributed by atoms with van der Waals surface area (Å²) in [6.07, 6.45) is 0. The van der Waals surface area contributed by atoms with Crippen LogP contribution in [0, 0.1) is 0 Å². The summed E-state index contributed by atoms with van der Waals surface area (Å²) in [4.78, 5) is 19.2. The van der Waals surface area contributed by atoms with E-state index in [2.05, 4.69) is 9.97 Å². The number of hydrogen-bond acceptors (Lipinski definition) is 4. The van der Waals surface area contributed by atoms with Gasteiger partial charge in [0, 0.05) is 5.56 Å². The number of benzene rings is 3. The van der Waals surface area contributed by atoms with Crippen molar-refractivity contribution in [1.82, 2.24) is 9.97 Å². The third kappa shape index (κ3) is 2.98. The molecule has 4 rings (SSSR count). The number of imidazole rings is 1. The topological polar surface area (TPSA) is 100 Å². The van der Waals surface area contributed by atoms with Crippen molar-refractivity contribution in [3.05, 3.63) is 78.4 Å². The highest BCUT2D eigenvalue weighted by Crippen LogP contribution is 2.26. The number of nitrogens with one attached hydrogen (secondary N) is 1. The molecule has 2 N–H and O–H groups in total. The van der Waals surface area contributed by atoms with Crippen molar-refractivity contribution in [2.75, 3.05) is 0 Å². The van der Waals surface area contributed by atoms with Gasteiger partial charge in [0.25, 0.3) is 0 Å². The monoisotopic (exact) mass is 378 g/mol. The molecule has 0 amide bonds. The van der Waals surface area contributed by atoms with Crippen molar-refractivity contribution in [1.29, 1.82) is 0 Å². The average Bonchev–Trinajstić information content (AvgIpc) is 3.13. The van der Waals surface area contributed by atoms with Gasteiger partial charge in [-0.25, -0.2) is 18.2 Å². The Morgan fingerprint density at radius 1 is 0.852 bits per heavy atom. The highest BCUT2D eigenvalue weighted by atomic mass is 32.2. The van der Waals surface area contributed by atoms with Gasteiger partial charge in [-0.05, 0) is 48.5 Å². The molecule has 3 aromatic carbocycles. The van der Waals surface area contributed by atoms with E-state index >= 15 is 0 Å². The van der Waals surface area contributed by atoms with Crippen LogP contribution in [0.25, 0.3) is 22.4 Å². The number of aromatic amines is 1. The Morgan fingerprint density at radius 2 is 1.52 bits per heavy atom. The predicted molar refractivity (Wildman–Crippen MR) is 100 cm³/mol. The van der Waals surface area contributed by atoms with Gasteiger partial charge in [0.1, 0.15) is 11.3 Å². The lowest BCUT2D eigenvalue weighted by Gasteiger charge is -2.05. The summed E-state index contributed by atoms with van der Waals surface area (Å²) in [7, 11) is -3.59. The largest absolute Gasteiger partial charge is 0.478 e. The molecule has 0 atom stereocenters. The molecular formula is C20H14N2O4S. The van der Waals surface area contributed by atoms with E-state index in [0.717, 1.165) is 0 Å². The number of nitrogens with zero attached hydrogens (tertiary/aromatic N) is 1. The SMILES string of the molecule is O=C(O)c1cccc2[nH]c(-c3ccc(S(=O)(=O)c4ccccc4)cc3)nc12. The lowest BCUT2D eigenvalue weighted by molar-refractivity contribution is 0.0699. The summed E-state index contributed by atoms with van der Waals surface area (Å²) >= 11 is 0. The smallest absolute Gasteiger partial charge is 0.337 e. The van der Waals surface area contributed by atoms with Crippen LogP contribution in [0.4, 0.5) is 0 Å². The molecule has 7 heteroatoms. The van der Waals surface area contributed by atoms with Crippen molar-refractivity contribution in [3.63, 3.8) is 0 Å². The van der Waals surface area contributed by atoms with Gasteiger partial charge in [-0.3, -0.25) is 0 Å². The molecule has 4 aromatic rings. The maximum Gasteiger partial charge on any atom is 0.337 e. The zero-order valence-corrected chi connectivity index (χ0v) is 14.8. The van der Waals surface area contributed by atoms with Gasteiger partial charge in [0.05, 0.1) is 20.9 Å². The number of H-pyrrole nitrogens is 1. The fraction of sp³-hybridized carbons (Fsp3) is 0. The molecule has 0 spiro atoms. The van der Waals surface area contributed by atoms with Crippen LogP contribution < -0.4 is 0 Å². The van der Waals surface area contributed by atoms with Gasteiger partial charge in [0.2, 0.25) is 9.84 Å². The minimum atomic E-state index is -3.59. The molecule has 0 unspecified atom stereocenters. The summed E-state index contributed by atoms with van der Waals surface area (Å²) in [5, 5.41) is 9.28. The number of aromatic nitrogens is 2. The van der Waals surface area contributed by atoms with Crippen LogP contribution in [0.5, 0.6) is 0 Å². The number of carboxylic acids is 1. The van der Waals surface area contributed by atoms with Crippen LogP contribution in [0.3, 0.4) is 0 Å². The summed E-state index contributed by atoms with van der Waals surface area (Å²) in [6.45, 7) is 0. The molecule has 1 heterocycles. The predicted octanol–water partition coefficient (Wildman–Crippen LogP) is 3.76. The Balaban J connectivity index is 1.74. The molecule has 0 radical (unpaired) electrons.